The largest absolute Gasteiger partial charge is 0.494 e. The number of carbonyl (C=O) groups excluding carboxylic acids is 2. The Morgan fingerprint density at radius 1 is 1.04 bits per heavy atom. The van der Waals surface area contributed by atoms with Gasteiger partial charge in [-0.2, -0.15) is 0 Å². The first-order valence-electron chi connectivity index (χ1n) is 8.11. The second-order valence-corrected chi connectivity index (χ2v) is 5.88. The summed E-state index contributed by atoms with van der Waals surface area (Å²) in [6.07, 6.45) is 1.68. The van der Waals surface area contributed by atoms with Gasteiger partial charge in [-0.3, -0.25) is 14.6 Å². The molecule has 3 rings (SSSR count). The lowest BCUT2D eigenvalue weighted by Gasteiger charge is -2.12. The van der Waals surface area contributed by atoms with Crippen molar-refractivity contribution in [3.63, 3.8) is 0 Å². The summed E-state index contributed by atoms with van der Waals surface area (Å²) in [5, 5.41) is 6.42. The summed E-state index contributed by atoms with van der Waals surface area (Å²) in [5.74, 6) is 0.187. The zero-order valence-electron chi connectivity index (χ0n) is 14.8. The van der Waals surface area contributed by atoms with Crippen LogP contribution in [0.5, 0.6) is 5.75 Å². The predicted molar refractivity (Wildman–Crippen MR) is 102 cm³/mol. The highest BCUT2D eigenvalue weighted by molar-refractivity contribution is 6.10. The van der Waals surface area contributed by atoms with Crippen molar-refractivity contribution in [1.82, 2.24) is 4.98 Å². The van der Waals surface area contributed by atoms with E-state index in [1.54, 1.807) is 49.7 Å². The van der Waals surface area contributed by atoms with Gasteiger partial charge >= 0.3 is 0 Å². The van der Waals surface area contributed by atoms with Crippen molar-refractivity contribution < 1.29 is 14.3 Å². The second-order valence-electron chi connectivity index (χ2n) is 5.88. The number of pyridine rings is 1. The third-order valence-corrected chi connectivity index (χ3v) is 4.01. The van der Waals surface area contributed by atoms with Gasteiger partial charge in [0.2, 0.25) is 5.91 Å². The molecule has 0 atom stereocenters. The van der Waals surface area contributed by atoms with Gasteiger partial charge in [-0.1, -0.05) is 6.07 Å². The number of fused-ring (bicyclic) bond motifs is 1. The Morgan fingerprint density at radius 2 is 1.85 bits per heavy atom. The van der Waals surface area contributed by atoms with Crippen LogP contribution in [0, 0.1) is 6.92 Å². The van der Waals surface area contributed by atoms with Crippen molar-refractivity contribution >= 4 is 34.1 Å². The molecular formula is C20H19N3O3. The lowest BCUT2D eigenvalue weighted by molar-refractivity contribution is -0.114. The molecule has 1 heterocycles. The summed E-state index contributed by atoms with van der Waals surface area (Å²) in [5.41, 5.74) is 3.27. The van der Waals surface area contributed by atoms with E-state index in [0.717, 1.165) is 10.9 Å². The fourth-order valence-electron chi connectivity index (χ4n) is 2.70. The Morgan fingerprint density at radius 3 is 2.58 bits per heavy atom. The molecule has 132 valence electrons. The van der Waals surface area contributed by atoms with Crippen molar-refractivity contribution in [1.29, 1.82) is 0 Å². The zero-order valence-corrected chi connectivity index (χ0v) is 14.8. The zero-order chi connectivity index (χ0) is 18.7. The van der Waals surface area contributed by atoms with E-state index in [1.165, 1.54) is 6.92 Å². The number of benzene rings is 2. The number of rotatable bonds is 4. The van der Waals surface area contributed by atoms with Crippen molar-refractivity contribution in [3.8, 4) is 5.75 Å². The van der Waals surface area contributed by atoms with Crippen molar-refractivity contribution in [2.45, 2.75) is 13.8 Å². The molecule has 6 heteroatoms. The Hall–Kier alpha value is -3.41. The van der Waals surface area contributed by atoms with Crippen molar-refractivity contribution in [3.05, 3.63) is 59.8 Å². The maximum absolute atomic E-state index is 12.7. The van der Waals surface area contributed by atoms with Crippen LogP contribution in [-0.4, -0.2) is 23.9 Å². The standard InChI is InChI=1S/C20H19N3O3/c1-12-6-7-14(11-17(12)22-13(2)24)20(25)23-16-8-9-18(26-3)19-15(16)5-4-10-21-19/h4-11H,1-3H3,(H,22,24)(H,23,25). The Labute approximate surface area is 151 Å². The van der Waals surface area contributed by atoms with Gasteiger partial charge in [0.15, 0.2) is 0 Å². The number of amides is 2. The number of hydrogen-bond donors (Lipinski definition) is 2. The topological polar surface area (TPSA) is 80.3 Å². The molecule has 0 saturated carbocycles. The molecule has 0 fully saturated rings. The molecule has 26 heavy (non-hydrogen) atoms. The van der Waals surface area contributed by atoms with Crippen LogP contribution in [-0.2, 0) is 4.79 Å². The van der Waals surface area contributed by atoms with Gasteiger partial charge in [-0.05, 0) is 48.9 Å². The minimum atomic E-state index is -0.271. The second kappa shape index (κ2) is 7.23. The molecule has 0 saturated heterocycles. The summed E-state index contributed by atoms with van der Waals surface area (Å²) in [6.45, 7) is 3.30. The van der Waals surface area contributed by atoms with Crippen LogP contribution in [0.1, 0.15) is 22.8 Å². The maximum Gasteiger partial charge on any atom is 0.255 e. The van der Waals surface area contributed by atoms with Crippen LogP contribution in [0.3, 0.4) is 0 Å². The SMILES string of the molecule is COc1ccc(NC(=O)c2ccc(C)c(NC(C)=O)c2)c2cccnc12. The molecule has 2 amide bonds. The first-order valence-corrected chi connectivity index (χ1v) is 8.11. The number of ether oxygens (including phenoxy) is 1. The average molecular weight is 349 g/mol. The lowest BCUT2D eigenvalue weighted by Crippen LogP contribution is -2.14. The highest BCUT2D eigenvalue weighted by Crippen LogP contribution is 2.30. The molecule has 0 aliphatic rings. The molecule has 0 aliphatic heterocycles. The van der Waals surface area contributed by atoms with Crippen LogP contribution >= 0.6 is 0 Å². The van der Waals surface area contributed by atoms with Gasteiger partial charge in [-0.15, -0.1) is 0 Å². The van der Waals surface area contributed by atoms with E-state index < -0.39 is 0 Å². The number of methoxy groups -OCH3 is 1. The van der Waals surface area contributed by atoms with Crippen LogP contribution in [0.4, 0.5) is 11.4 Å². The number of nitrogens with one attached hydrogen (secondary N) is 2. The molecule has 0 unspecified atom stereocenters. The van der Waals surface area contributed by atoms with E-state index >= 15 is 0 Å². The van der Waals surface area contributed by atoms with Gasteiger partial charge < -0.3 is 15.4 Å². The molecule has 0 aliphatic carbocycles. The summed E-state index contributed by atoms with van der Waals surface area (Å²) in [7, 11) is 1.58. The first kappa shape index (κ1) is 17.4. The van der Waals surface area contributed by atoms with E-state index in [0.29, 0.717) is 28.2 Å². The number of nitrogens with zero attached hydrogens (tertiary/aromatic N) is 1. The third-order valence-electron chi connectivity index (χ3n) is 4.01. The predicted octanol–water partition coefficient (Wildman–Crippen LogP) is 3.76. The highest BCUT2D eigenvalue weighted by Gasteiger charge is 2.13. The van der Waals surface area contributed by atoms with Crippen LogP contribution in [0.15, 0.2) is 48.7 Å². The van der Waals surface area contributed by atoms with Gasteiger partial charge in [0.25, 0.3) is 5.91 Å². The van der Waals surface area contributed by atoms with Crippen molar-refractivity contribution in [2.24, 2.45) is 0 Å². The van der Waals surface area contributed by atoms with Crippen molar-refractivity contribution in [2.75, 3.05) is 17.7 Å². The summed E-state index contributed by atoms with van der Waals surface area (Å²) >= 11 is 0. The van der Waals surface area contributed by atoms with Gasteiger partial charge in [0, 0.05) is 29.8 Å². The summed E-state index contributed by atoms with van der Waals surface area (Å²) < 4.78 is 5.32. The molecular weight excluding hydrogens is 330 g/mol. The summed E-state index contributed by atoms with van der Waals surface area (Å²) in [4.78, 5) is 28.3. The summed E-state index contributed by atoms with van der Waals surface area (Å²) in [6, 6.07) is 12.4. The molecule has 0 spiro atoms. The van der Waals surface area contributed by atoms with Crippen LogP contribution < -0.4 is 15.4 Å². The number of anilines is 2. The van der Waals surface area contributed by atoms with E-state index in [4.69, 9.17) is 4.74 Å². The van der Waals surface area contributed by atoms with Crippen LogP contribution in [0.2, 0.25) is 0 Å². The van der Waals surface area contributed by atoms with E-state index in [-0.39, 0.29) is 11.8 Å². The average Bonchev–Trinajstić information content (AvgIpc) is 2.63. The molecule has 1 aromatic heterocycles. The number of aryl methyl sites for hydroxylation is 1. The molecule has 2 aromatic carbocycles. The quantitative estimate of drug-likeness (QED) is 0.751. The highest BCUT2D eigenvalue weighted by atomic mass is 16.5. The third kappa shape index (κ3) is 3.49. The molecule has 0 radical (unpaired) electrons. The van der Waals surface area contributed by atoms with Gasteiger partial charge in [-0.25, -0.2) is 0 Å². The van der Waals surface area contributed by atoms with Gasteiger partial charge in [0.05, 0.1) is 12.8 Å². The minimum absolute atomic E-state index is 0.183. The number of aromatic nitrogens is 1. The monoisotopic (exact) mass is 349 g/mol. The maximum atomic E-state index is 12.7. The molecule has 3 aromatic rings. The van der Waals surface area contributed by atoms with E-state index in [1.807, 2.05) is 13.0 Å². The van der Waals surface area contributed by atoms with E-state index in [2.05, 4.69) is 15.6 Å². The Balaban J connectivity index is 1.94. The van der Waals surface area contributed by atoms with E-state index in [9.17, 15) is 9.59 Å². The van der Waals surface area contributed by atoms with Crippen LogP contribution in [0.25, 0.3) is 10.9 Å². The molecule has 0 bridgehead atoms. The molecule has 2 N–H and O–H groups in total. The lowest BCUT2D eigenvalue weighted by atomic mass is 10.1. The normalized spacial score (nSPS) is 10.4. The Bertz CT molecular complexity index is 999. The fraction of sp³-hybridized carbons (Fsp3) is 0.150. The van der Waals surface area contributed by atoms with Gasteiger partial charge in [0.1, 0.15) is 11.3 Å². The number of carbonyl (C=O) groups is 2. The minimum Gasteiger partial charge on any atom is -0.494 e. The Kier molecular flexibility index (Phi) is 4.84. The smallest absolute Gasteiger partial charge is 0.255 e. The number of hydrogen-bond acceptors (Lipinski definition) is 4. The first-order chi connectivity index (χ1) is 12.5. The molecule has 6 nitrogen and oxygen atoms in total. The fourth-order valence-corrected chi connectivity index (χ4v) is 2.70.